The summed E-state index contributed by atoms with van der Waals surface area (Å²) in [6.45, 7) is -0.0330. The van der Waals surface area contributed by atoms with Gasteiger partial charge in [-0.1, -0.05) is 31.0 Å². The lowest BCUT2D eigenvalue weighted by molar-refractivity contribution is 0.266. The molecule has 1 fully saturated rings. The third-order valence-electron chi connectivity index (χ3n) is 2.89. The van der Waals surface area contributed by atoms with Crippen LogP contribution in [0, 0.1) is 0 Å². The van der Waals surface area contributed by atoms with Crippen LogP contribution in [0.3, 0.4) is 0 Å². The first kappa shape index (κ1) is 11.0. The van der Waals surface area contributed by atoms with Gasteiger partial charge in [0, 0.05) is 12.3 Å². The molecule has 15 heavy (non-hydrogen) atoms. The molecule has 1 heterocycles. The van der Waals surface area contributed by atoms with E-state index in [1.165, 1.54) is 32.1 Å². The van der Waals surface area contributed by atoms with Gasteiger partial charge in [-0.2, -0.15) is 0 Å². The Hall–Kier alpha value is -0.550. The maximum absolute atomic E-state index is 9.01. The molecule has 84 valence electrons. The number of nitrogens with zero attached hydrogens (tertiary/aromatic N) is 3. The van der Waals surface area contributed by atoms with Crippen molar-refractivity contribution in [3.63, 3.8) is 0 Å². The monoisotopic (exact) mass is 227 g/mol. The van der Waals surface area contributed by atoms with E-state index in [0.717, 1.165) is 5.16 Å². The van der Waals surface area contributed by atoms with Gasteiger partial charge in [-0.05, 0) is 12.8 Å². The van der Waals surface area contributed by atoms with E-state index < -0.39 is 0 Å². The molecule has 1 N–H and O–H groups in total. The van der Waals surface area contributed by atoms with Crippen molar-refractivity contribution in [2.75, 3.05) is 0 Å². The highest BCUT2D eigenvalue weighted by Crippen LogP contribution is 2.32. The third-order valence-corrected chi connectivity index (χ3v) is 4.26. The van der Waals surface area contributed by atoms with Gasteiger partial charge in [0.1, 0.15) is 6.61 Å². The summed E-state index contributed by atoms with van der Waals surface area (Å²) in [6.07, 6.45) is 6.61. The van der Waals surface area contributed by atoms with Gasteiger partial charge in [0.2, 0.25) is 0 Å². The molecular formula is C10H17N3OS. The van der Waals surface area contributed by atoms with Crippen LogP contribution in [0.5, 0.6) is 0 Å². The van der Waals surface area contributed by atoms with Crippen LogP contribution in [0.1, 0.15) is 37.9 Å². The van der Waals surface area contributed by atoms with Gasteiger partial charge < -0.3 is 9.67 Å². The van der Waals surface area contributed by atoms with Gasteiger partial charge in [-0.25, -0.2) is 0 Å². The fourth-order valence-corrected chi connectivity index (χ4v) is 3.14. The van der Waals surface area contributed by atoms with E-state index in [0.29, 0.717) is 11.1 Å². The van der Waals surface area contributed by atoms with E-state index in [1.54, 1.807) is 11.8 Å². The predicted molar refractivity (Wildman–Crippen MR) is 59.7 cm³/mol. The maximum Gasteiger partial charge on any atom is 0.191 e. The molecule has 5 heteroatoms. The number of aliphatic hydroxyl groups excluding tert-OH is 1. The van der Waals surface area contributed by atoms with Gasteiger partial charge in [0.05, 0.1) is 0 Å². The van der Waals surface area contributed by atoms with Gasteiger partial charge in [-0.3, -0.25) is 0 Å². The molecule has 1 aliphatic carbocycles. The molecule has 0 saturated heterocycles. The molecule has 1 aliphatic rings. The second-order valence-corrected chi connectivity index (χ2v) is 5.26. The van der Waals surface area contributed by atoms with Crippen LogP contribution in [0.2, 0.25) is 0 Å². The van der Waals surface area contributed by atoms with Gasteiger partial charge >= 0.3 is 0 Å². The zero-order chi connectivity index (χ0) is 10.7. The highest BCUT2D eigenvalue weighted by molar-refractivity contribution is 7.99. The molecule has 0 spiro atoms. The topological polar surface area (TPSA) is 50.9 Å². The summed E-state index contributed by atoms with van der Waals surface area (Å²) in [6, 6.07) is 0. The number of thioether (sulfide) groups is 1. The number of aromatic nitrogens is 3. The molecule has 1 aromatic rings. The summed E-state index contributed by atoms with van der Waals surface area (Å²) in [5.41, 5.74) is 0. The Morgan fingerprint density at radius 2 is 2.07 bits per heavy atom. The lowest BCUT2D eigenvalue weighted by atomic mass is 10.0. The fourth-order valence-electron chi connectivity index (χ4n) is 1.92. The Bertz CT molecular complexity index is 320. The van der Waals surface area contributed by atoms with Crippen LogP contribution < -0.4 is 0 Å². The first-order chi connectivity index (χ1) is 7.31. The quantitative estimate of drug-likeness (QED) is 0.854. The first-order valence-corrected chi connectivity index (χ1v) is 6.35. The zero-order valence-electron chi connectivity index (χ0n) is 9.02. The smallest absolute Gasteiger partial charge is 0.191 e. The van der Waals surface area contributed by atoms with Crippen LogP contribution in [0.25, 0.3) is 0 Å². The molecule has 0 radical (unpaired) electrons. The molecule has 4 nitrogen and oxygen atoms in total. The Kier molecular flexibility index (Phi) is 3.64. The fraction of sp³-hybridized carbons (Fsp3) is 0.800. The van der Waals surface area contributed by atoms with Crippen molar-refractivity contribution in [3.8, 4) is 0 Å². The molecule has 0 unspecified atom stereocenters. The van der Waals surface area contributed by atoms with Crippen LogP contribution >= 0.6 is 11.8 Å². The van der Waals surface area contributed by atoms with Crippen molar-refractivity contribution in [1.29, 1.82) is 0 Å². The second kappa shape index (κ2) is 4.99. The molecular weight excluding hydrogens is 210 g/mol. The Morgan fingerprint density at radius 1 is 1.33 bits per heavy atom. The second-order valence-electron chi connectivity index (χ2n) is 3.99. The normalized spacial score (nSPS) is 18.3. The molecule has 0 bridgehead atoms. The number of hydrogen-bond donors (Lipinski definition) is 1. The van der Waals surface area contributed by atoms with E-state index in [2.05, 4.69) is 10.2 Å². The molecule has 0 amide bonds. The lowest BCUT2D eigenvalue weighted by Gasteiger charge is -2.20. The van der Waals surface area contributed by atoms with E-state index in [1.807, 2.05) is 11.6 Å². The first-order valence-electron chi connectivity index (χ1n) is 5.47. The summed E-state index contributed by atoms with van der Waals surface area (Å²) in [7, 11) is 1.91. The number of rotatable bonds is 3. The minimum atomic E-state index is -0.0330. The highest BCUT2D eigenvalue weighted by atomic mass is 32.2. The van der Waals surface area contributed by atoms with Crippen LogP contribution in [0.4, 0.5) is 0 Å². The highest BCUT2D eigenvalue weighted by Gasteiger charge is 2.18. The summed E-state index contributed by atoms with van der Waals surface area (Å²) >= 11 is 1.81. The van der Waals surface area contributed by atoms with Gasteiger partial charge in [0.25, 0.3) is 0 Å². The molecule has 2 rings (SSSR count). The molecule has 1 saturated carbocycles. The van der Waals surface area contributed by atoms with E-state index in [9.17, 15) is 0 Å². The Labute approximate surface area is 94.1 Å². The zero-order valence-corrected chi connectivity index (χ0v) is 9.83. The van der Waals surface area contributed by atoms with Crippen LogP contribution in [-0.2, 0) is 13.7 Å². The summed E-state index contributed by atoms with van der Waals surface area (Å²) in [5, 5.41) is 18.7. The Balaban J connectivity index is 2.00. The summed E-state index contributed by atoms with van der Waals surface area (Å²) in [5.74, 6) is 0.647. The van der Waals surface area contributed by atoms with Gasteiger partial charge in [-0.15, -0.1) is 10.2 Å². The van der Waals surface area contributed by atoms with Crippen molar-refractivity contribution < 1.29 is 5.11 Å². The van der Waals surface area contributed by atoms with E-state index in [4.69, 9.17) is 5.11 Å². The molecule has 0 atom stereocenters. The van der Waals surface area contributed by atoms with Crippen molar-refractivity contribution >= 4 is 11.8 Å². The molecule has 1 aromatic heterocycles. The van der Waals surface area contributed by atoms with Crippen LogP contribution in [0.15, 0.2) is 5.16 Å². The SMILES string of the molecule is Cn1c(CO)nnc1SC1CCCCC1. The van der Waals surface area contributed by atoms with E-state index in [-0.39, 0.29) is 6.61 Å². The average Bonchev–Trinajstić information content (AvgIpc) is 2.62. The summed E-state index contributed by atoms with van der Waals surface area (Å²) < 4.78 is 1.89. The Morgan fingerprint density at radius 3 is 2.67 bits per heavy atom. The number of aliphatic hydroxyl groups is 1. The van der Waals surface area contributed by atoms with E-state index >= 15 is 0 Å². The molecule has 0 aliphatic heterocycles. The minimum absolute atomic E-state index is 0.0330. The van der Waals surface area contributed by atoms with Gasteiger partial charge in [0.15, 0.2) is 11.0 Å². The van der Waals surface area contributed by atoms with Crippen molar-refractivity contribution in [2.45, 2.75) is 49.1 Å². The molecule has 0 aromatic carbocycles. The number of hydrogen-bond acceptors (Lipinski definition) is 4. The lowest BCUT2D eigenvalue weighted by Crippen LogP contribution is -2.09. The minimum Gasteiger partial charge on any atom is -0.388 e. The third kappa shape index (κ3) is 2.52. The average molecular weight is 227 g/mol. The standard InChI is InChI=1S/C10H17N3OS/c1-13-9(7-14)11-12-10(13)15-8-5-3-2-4-6-8/h8,14H,2-7H2,1H3. The summed E-state index contributed by atoms with van der Waals surface area (Å²) in [4.78, 5) is 0. The maximum atomic E-state index is 9.01. The van der Waals surface area contributed by atoms with Crippen molar-refractivity contribution in [2.24, 2.45) is 7.05 Å². The van der Waals surface area contributed by atoms with Crippen LogP contribution in [-0.4, -0.2) is 25.1 Å². The largest absolute Gasteiger partial charge is 0.388 e. The van der Waals surface area contributed by atoms with Crippen molar-refractivity contribution in [1.82, 2.24) is 14.8 Å². The van der Waals surface area contributed by atoms with Crippen molar-refractivity contribution in [3.05, 3.63) is 5.82 Å². The predicted octanol–water partition coefficient (Wildman–Crippen LogP) is 1.73.